The Bertz CT molecular complexity index is 575. The fourth-order valence-electron chi connectivity index (χ4n) is 2.48. The number of hydrogen-bond acceptors (Lipinski definition) is 2. The van der Waals surface area contributed by atoms with E-state index < -0.39 is 0 Å². The van der Waals surface area contributed by atoms with Gasteiger partial charge >= 0.3 is 0 Å². The Balaban J connectivity index is 1.86. The highest BCUT2D eigenvalue weighted by molar-refractivity contribution is 5.30. The summed E-state index contributed by atoms with van der Waals surface area (Å²) in [5.41, 5.74) is 11.6. The van der Waals surface area contributed by atoms with Crippen LogP contribution in [0.3, 0.4) is 0 Å². The molecule has 0 spiro atoms. The first-order valence-electron chi connectivity index (χ1n) is 7.53. The van der Waals surface area contributed by atoms with Crippen molar-refractivity contribution < 1.29 is 4.74 Å². The van der Waals surface area contributed by atoms with Crippen molar-refractivity contribution in [2.24, 2.45) is 5.73 Å². The monoisotopic (exact) mass is 283 g/mol. The van der Waals surface area contributed by atoms with E-state index in [0.29, 0.717) is 0 Å². The van der Waals surface area contributed by atoms with E-state index in [1.165, 1.54) is 22.3 Å². The zero-order valence-electron chi connectivity index (χ0n) is 13.2. The van der Waals surface area contributed by atoms with Crippen molar-refractivity contribution in [3.63, 3.8) is 0 Å². The van der Waals surface area contributed by atoms with E-state index >= 15 is 0 Å². The molecular weight excluding hydrogens is 258 g/mol. The molecule has 0 amide bonds. The molecule has 0 fully saturated rings. The van der Waals surface area contributed by atoms with Gasteiger partial charge in [0, 0.05) is 6.04 Å². The van der Waals surface area contributed by atoms with Gasteiger partial charge in [-0.1, -0.05) is 30.3 Å². The second-order valence-electron chi connectivity index (χ2n) is 5.77. The van der Waals surface area contributed by atoms with Gasteiger partial charge in [-0.25, -0.2) is 0 Å². The van der Waals surface area contributed by atoms with Crippen LogP contribution in [-0.2, 0) is 12.8 Å². The lowest BCUT2D eigenvalue weighted by Gasteiger charge is -2.13. The molecule has 0 bridgehead atoms. The Morgan fingerprint density at radius 1 is 0.952 bits per heavy atom. The Morgan fingerprint density at radius 2 is 1.62 bits per heavy atom. The van der Waals surface area contributed by atoms with Gasteiger partial charge < -0.3 is 10.5 Å². The minimum absolute atomic E-state index is 0.203. The van der Waals surface area contributed by atoms with Crippen molar-refractivity contribution in [2.45, 2.75) is 39.2 Å². The van der Waals surface area contributed by atoms with Gasteiger partial charge in [0.2, 0.25) is 0 Å². The summed E-state index contributed by atoms with van der Waals surface area (Å²) in [6.07, 6.45) is 2.95. The molecule has 1 unspecified atom stereocenters. The number of ether oxygens (including phenoxy) is 1. The van der Waals surface area contributed by atoms with Gasteiger partial charge in [0.25, 0.3) is 0 Å². The molecular formula is C19H25NO. The maximum Gasteiger partial charge on any atom is 0.118 e. The van der Waals surface area contributed by atoms with Crippen LogP contribution in [0, 0.1) is 13.8 Å². The summed E-state index contributed by atoms with van der Waals surface area (Å²) in [4.78, 5) is 0. The zero-order valence-corrected chi connectivity index (χ0v) is 13.2. The van der Waals surface area contributed by atoms with Crippen molar-refractivity contribution in [2.75, 3.05) is 7.11 Å². The first-order chi connectivity index (χ1) is 10.1. The van der Waals surface area contributed by atoms with Crippen molar-refractivity contribution in [3.8, 4) is 5.75 Å². The third-order valence-corrected chi connectivity index (χ3v) is 4.03. The molecule has 0 aliphatic carbocycles. The van der Waals surface area contributed by atoms with Gasteiger partial charge in [0.15, 0.2) is 0 Å². The minimum atomic E-state index is 0.203. The number of methoxy groups -OCH3 is 1. The molecule has 1 atom stereocenters. The van der Waals surface area contributed by atoms with Crippen LogP contribution in [0.1, 0.15) is 28.7 Å². The maximum absolute atomic E-state index is 6.27. The molecule has 2 aromatic carbocycles. The molecule has 0 aromatic heterocycles. The third-order valence-electron chi connectivity index (χ3n) is 4.03. The van der Waals surface area contributed by atoms with E-state index in [9.17, 15) is 0 Å². The Kier molecular flexibility index (Phi) is 5.40. The van der Waals surface area contributed by atoms with Crippen molar-refractivity contribution in [1.29, 1.82) is 0 Å². The Morgan fingerprint density at radius 3 is 2.24 bits per heavy atom. The van der Waals surface area contributed by atoms with Gasteiger partial charge in [0.05, 0.1) is 7.11 Å². The van der Waals surface area contributed by atoms with Crippen LogP contribution in [0.2, 0.25) is 0 Å². The predicted octanol–water partition coefficient (Wildman–Crippen LogP) is 3.81. The lowest BCUT2D eigenvalue weighted by molar-refractivity contribution is 0.414. The minimum Gasteiger partial charge on any atom is -0.497 e. The normalized spacial score (nSPS) is 12.2. The van der Waals surface area contributed by atoms with Crippen LogP contribution in [0.5, 0.6) is 5.75 Å². The molecule has 0 radical (unpaired) electrons. The molecule has 2 nitrogen and oxygen atoms in total. The summed E-state index contributed by atoms with van der Waals surface area (Å²) in [7, 11) is 1.69. The van der Waals surface area contributed by atoms with Gasteiger partial charge in [-0.15, -0.1) is 0 Å². The molecule has 0 aliphatic rings. The summed E-state index contributed by atoms with van der Waals surface area (Å²) in [6.45, 7) is 4.30. The number of nitrogens with two attached hydrogens (primary N) is 1. The molecule has 0 heterocycles. The molecule has 2 rings (SSSR count). The predicted molar refractivity (Wildman–Crippen MR) is 88.9 cm³/mol. The number of benzene rings is 2. The fraction of sp³-hybridized carbons (Fsp3) is 0.368. The third kappa shape index (κ3) is 4.61. The summed E-state index contributed by atoms with van der Waals surface area (Å²) < 4.78 is 5.17. The molecule has 21 heavy (non-hydrogen) atoms. The standard InChI is InChI=1S/C19H25NO/c1-14-4-5-17(12-15(14)2)13-18(20)9-6-16-7-10-19(21-3)11-8-16/h4-5,7-8,10-12,18H,6,9,13,20H2,1-3H3. The first-order valence-corrected chi connectivity index (χ1v) is 7.53. The van der Waals surface area contributed by atoms with E-state index in [4.69, 9.17) is 10.5 Å². The lowest BCUT2D eigenvalue weighted by Crippen LogP contribution is -2.23. The van der Waals surface area contributed by atoms with Crippen LogP contribution in [0.25, 0.3) is 0 Å². The van der Waals surface area contributed by atoms with Gasteiger partial charge in [0.1, 0.15) is 5.75 Å². The SMILES string of the molecule is COc1ccc(CCC(N)Cc2ccc(C)c(C)c2)cc1. The number of hydrogen-bond donors (Lipinski definition) is 1. The average molecular weight is 283 g/mol. The summed E-state index contributed by atoms with van der Waals surface area (Å²) in [5, 5.41) is 0. The topological polar surface area (TPSA) is 35.2 Å². The number of aryl methyl sites for hydroxylation is 3. The van der Waals surface area contributed by atoms with Crippen LogP contribution in [0.15, 0.2) is 42.5 Å². The summed E-state index contributed by atoms with van der Waals surface area (Å²) >= 11 is 0. The van der Waals surface area contributed by atoms with Crippen molar-refractivity contribution in [3.05, 3.63) is 64.7 Å². The van der Waals surface area contributed by atoms with Gasteiger partial charge in [-0.3, -0.25) is 0 Å². The second-order valence-corrected chi connectivity index (χ2v) is 5.77. The van der Waals surface area contributed by atoms with E-state index in [2.05, 4.69) is 44.2 Å². The molecule has 112 valence electrons. The van der Waals surface area contributed by atoms with Gasteiger partial charge in [-0.2, -0.15) is 0 Å². The Hall–Kier alpha value is -1.80. The quantitative estimate of drug-likeness (QED) is 0.875. The zero-order chi connectivity index (χ0) is 15.2. The van der Waals surface area contributed by atoms with Crippen LogP contribution >= 0.6 is 0 Å². The largest absolute Gasteiger partial charge is 0.497 e. The summed E-state index contributed by atoms with van der Waals surface area (Å²) in [6, 6.07) is 15.1. The Labute approximate surface area is 127 Å². The molecule has 2 aromatic rings. The van der Waals surface area contributed by atoms with E-state index in [0.717, 1.165) is 25.0 Å². The van der Waals surface area contributed by atoms with E-state index in [1.54, 1.807) is 7.11 Å². The number of rotatable bonds is 6. The second kappa shape index (κ2) is 7.28. The smallest absolute Gasteiger partial charge is 0.118 e. The fourth-order valence-corrected chi connectivity index (χ4v) is 2.48. The highest BCUT2D eigenvalue weighted by Crippen LogP contribution is 2.15. The highest BCUT2D eigenvalue weighted by Gasteiger charge is 2.06. The molecule has 0 saturated heterocycles. The van der Waals surface area contributed by atoms with E-state index in [1.807, 2.05) is 12.1 Å². The van der Waals surface area contributed by atoms with Crippen LogP contribution in [0.4, 0.5) is 0 Å². The molecule has 2 heteroatoms. The van der Waals surface area contributed by atoms with Crippen molar-refractivity contribution in [1.82, 2.24) is 0 Å². The first kappa shape index (κ1) is 15.6. The summed E-state index contributed by atoms with van der Waals surface area (Å²) in [5.74, 6) is 0.901. The van der Waals surface area contributed by atoms with Crippen LogP contribution < -0.4 is 10.5 Å². The van der Waals surface area contributed by atoms with Gasteiger partial charge in [-0.05, 0) is 67.5 Å². The van der Waals surface area contributed by atoms with Crippen molar-refractivity contribution >= 4 is 0 Å². The maximum atomic E-state index is 6.27. The highest BCUT2D eigenvalue weighted by atomic mass is 16.5. The molecule has 0 aliphatic heterocycles. The molecule has 2 N–H and O–H groups in total. The van der Waals surface area contributed by atoms with Crippen LogP contribution in [-0.4, -0.2) is 13.2 Å². The average Bonchev–Trinajstić information content (AvgIpc) is 2.49. The van der Waals surface area contributed by atoms with E-state index in [-0.39, 0.29) is 6.04 Å². The lowest BCUT2D eigenvalue weighted by atomic mass is 9.97. The molecule has 0 saturated carbocycles.